The van der Waals surface area contributed by atoms with Crippen molar-refractivity contribution in [2.45, 2.75) is 24.2 Å². The van der Waals surface area contributed by atoms with Crippen LogP contribution in [-0.2, 0) is 27.6 Å². The van der Waals surface area contributed by atoms with E-state index in [2.05, 4.69) is 4.90 Å². The summed E-state index contributed by atoms with van der Waals surface area (Å²) in [7, 11) is -1.72. The third-order valence-electron chi connectivity index (χ3n) is 4.61. The molecule has 0 atom stereocenters. The number of likely N-dealkylation sites (N-methyl/N-ethyl adjacent to an activating group) is 1. The van der Waals surface area contributed by atoms with Gasteiger partial charge in [0.05, 0.1) is 18.1 Å². The Hall–Kier alpha value is -0.950. The molecular weight excluding hydrogens is 300 g/mol. The molecule has 6 heteroatoms. The second-order valence-electron chi connectivity index (χ2n) is 6.06. The number of ether oxygens (including phenoxy) is 1. The number of nitrogens with zero attached hydrogens (tertiary/aromatic N) is 2. The van der Waals surface area contributed by atoms with Gasteiger partial charge in [0.15, 0.2) is 0 Å². The summed E-state index contributed by atoms with van der Waals surface area (Å²) in [5.41, 5.74) is 2.50. The number of rotatable bonds is 5. The van der Waals surface area contributed by atoms with E-state index in [-0.39, 0.29) is 0 Å². The molecule has 5 nitrogen and oxygen atoms in total. The summed E-state index contributed by atoms with van der Waals surface area (Å²) < 4.78 is 32.2. The number of hydrogen-bond donors (Lipinski definition) is 0. The maximum absolute atomic E-state index is 12.7. The van der Waals surface area contributed by atoms with Gasteiger partial charge >= 0.3 is 0 Å². The number of hydrogen-bond acceptors (Lipinski definition) is 4. The summed E-state index contributed by atoms with van der Waals surface area (Å²) in [6, 6.07) is 5.60. The number of fused-ring (bicyclic) bond motifs is 1. The van der Waals surface area contributed by atoms with Crippen molar-refractivity contribution in [2.75, 3.05) is 46.4 Å². The molecule has 0 radical (unpaired) electrons. The molecule has 122 valence electrons. The molecule has 0 spiro atoms. The molecule has 1 aromatic rings. The minimum atomic E-state index is -3.39. The summed E-state index contributed by atoms with van der Waals surface area (Å²) in [6.07, 6.45) is 3.20. The van der Waals surface area contributed by atoms with Crippen molar-refractivity contribution in [1.29, 1.82) is 0 Å². The van der Waals surface area contributed by atoms with E-state index in [4.69, 9.17) is 4.74 Å². The second-order valence-corrected chi connectivity index (χ2v) is 8.11. The molecule has 0 saturated carbocycles. The molecule has 22 heavy (non-hydrogen) atoms. The van der Waals surface area contributed by atoms with Gasteiger partial charge in [-0.3, -0.25) is 4.90 Å². The van der Waals surface area contributed by atoms with Crippen molar-refractivity contribution in [1.82, 2.24) is 9.21 Å². The van der Waals surface area contributed by atoms with Gasteiger partial charge in [-0.25, -0.2) is 8.42 Å². The molecule has 0 amide bonds. The first-order valence-corrected chi connectivity index (χ1v) is 9.39. The van der Waals surface area contributed by atoms with Crippen molar-refractivity contribution >= 4 is 10.0 Å². The Balaban J connectivity index is 1.66. The van der Waals surface area contributed by atoms with Gasteiger partial charge in [-0.05, 0) is 42.5 Å². The molecule has 3 rings (SSSR count). The zero-order chi connectivity index (χ0) is 15.6. The van der Waals surface area contributed by atoms with Crippen LogP contribution in [0.1, 0.15) is 17.5 Å². The zero-order valence-electron chi connectivity index (χ0n) is 13.1. The average molecular weight is 324 g/mol. The van der Waals surface area contributed by atoms with Crippen LogP contribution in [-0.4, -0.2) is 64.1 Å². The highest BCUT2D eigenvalue weighted by Gasteiger charge is 2.23. The Morgan fingerprint density at radius 2 is 1.91 bits per heavy atom. The molecule has 1 heterocycles. The Morgan fingerprint density at radius 1 is 1.18 bits per heavy atom. The Bertz CT molecular complexity index is 624. The van der Waals surface area contributed by atoms with Crippen LogP contribution in [0.3, 0.4) is 0 Å². The van der Waals surface area contributed by atoms with Gasteiger partial charge in [-0.2, -0.15) is 4.31 Å². The first-order valence-electron chi connectivity index (χ1n) is 7.95. The lowest BCUT2D eigenvalue weighted by atomic mass is 10.1. The largest absolute Gasteiger partial charge is 0.379 e. The standard InChI is InChI=1S/C16H24N2O3S/c1-17(7-8-18-9-11-21-12-10-18)22(19,20)16-6-5-14-3-2-4-15(14)13-16/h5-6,13H,2-4,7-12H2,1H3. The van der Waals surface area contributed by atoms with Crippen molar-refractivity contribution in [3.05, 3.63) is 29.3 Å². The van der Waals surface area contributed by atoms with Crippen LogP contribution in [0.25, 0.3) is 0 Å². The number of benzene rings is 1. The molecule has 0 bridgehead atoms. The van der Waals surface area contributed by atoms with Gasteiger partial charge in [0.2, 0.25) is 10.0 Å². The van der Waals surface area contributed by atoms with E-state index in [9.17, 15) is 8.42 Å². The number of aryl methyl sites for hydroxylation is 2. The number of morpholine rings is 1. The second kappa shape index (κ2) is 6.66. The van der Waals surface area contributed by atoms with Crippen molar-refractivity contribution in [3.8, 4) is 0 Å². The first kappa shape index (κ1) is 15.9. The molecule has 0 unspecified atom stereocenters. The van der Waals surface area contributed by atoms with E-state index >= 15 is 0 Å². The van der Waals surface area contributed by atoms with Gasteiger partial charge in [-0.1, -0.05) is 6.07 Å². The molecule has 1 aliphatic heterocycles. The minimum absolute atomic E-state index is 0.428. The molecular formula is C16H24N2O3S. The van der Waals surface area contributed by atoms with Gasteiger partial charge < -0.3 is 4.74 Å². The third-order valence-corrected chi connectivity index (χ3v) is 6.47. The van der Waals surface area contributed by atoms with Crippen LogP contribution in [0.15, 0.2) is 23.1 Å². The molecule has 2 aliphatic rings. The van der Waals surface area contributed by atoms with Crippen molar-refractivity contribution in [3.63, 3.8) is 0 Å². The van der Waals surface area contributed by atoms with Gasteiger partial charge in [-0.15, -0.1) is 0 Å². The lowest BCUT2D eigenvalue weighted by Gasteiger charge is -2.28. The highest BCUT2D eigenvalue weighted by atomic mass is 32.2. The van der Waals surface area contributed by atoms with E-state index in [1.807, 2.05) is 12.1 Å². The van der Waals surface area contributed by atoms with Crippen LogP contribution >= 0.6 is 0 Å². The minimum Gasteiger partial charge on any atom is -0.379 e. The zero-order valence-corrected chi connectivity index (χ0v) is 13.9. The van der Waals surface area contributed by atoms with E-state index < -0.39 is 10.0 Å². The van der Waals surface area contributed by atoms with E-state index in [0.717, 1.165) is 52.1 Å². The van der Waals surface area contributed by atoms with Gasteiger partial charge in [0, 0.05) is 33.2 Å². The predicted molar refractivity (Wildman–Crippen MR) is 85.5 cm³/mol. The fourth-order valence-corrected chi connectivity index (χ4v) is 4.33. The van der Waals surface area contributed by atoms with Crippen LogP contribution in [0, 0.1) is 0 Å². The maximum Gasteiger partial charge on any atom is 0.242 e. The highest BCUT2D eigenvalue weighted by molar-refractivity contribution is 7.89. The smallest absolute Gasteiger partial charge is 0.242 e. The van der Waals surface area contributed by atoms with Crippen LogP contribution in [0.4, 0.5) is 0 Å². The normalized spacial score (nSPS) is 19.5. The molecule has 1 aliphatic carbocycles. The average Bonchev–Trinajstić information content (AvgIpc) is 3.01. The number of sulfonamides is 1. The monoisotopic (exact) mass is 324 g/mol. The van der Waals surface area contributed by atoms with E-state index in [1.54, 1.807) is 13.1 Å². The van der Waals surface area contributed by atoms with E-state index in [0.29, 0.717) is 11.4 Å². The first-order chi connectivity index (χ1) is 10.6. The van der Waals surface area contributed by atoms with Crippen LogP contribution < -0.4 is 0 Å². The van der Waals surface area contributed by atoms with Gasteiger partial charge in [0.25, 0.3) is 0 Å². The lowest BCUT2D eigenvalue weighted by Crippen LogP contribution is -2.41. The summed E-state index contributed by atoms with van der Waals surface area (Å²) in [6.45, 7) is 4.51. The van der Waals surface area contributed by atoms with Gasteiger partial charge in [0.1, 0.15) is 0 Å². The van der Waals surface area contributed by atoms with Crippen LogP contribution in [0.2, 0.25) is 0 Å². The summed E-state index contributed by atoms with van der Waals surface area (Å²) in [4.78, 5) is 2.68. The topological polar surface area (TPSA) is 49.9 Å². The molecule has 1 aromatic carbocycles. The molecule has 0 aromatic heterocycles. The predicted octanol–water partition coefficient (Wildman–Crippen LogP) is 1.13. The Morgan fingerprint density at radius 3 is 2.68 bits per heavy atom. The van der Waals surface area contributed by atoms with Crippen molar-refractivity contribution in [2.24, 2.45) is 0 Å². The van der Waals surface area contributed by atoms with E-state index in [1.165, 1.54) is 15.4 Å². The lowest BCUT2D eigenvalue weighted by molar-refractivity contribution is 0.0368. The SMILES string of the molecule is CN(CCN1CCOCC1)S(=O)(=O)c1ccc2c(c1)CCC2. The highest BCUT2D eigenvalue weighted by Crippen LogP contribution is 2.25. The Kier molecular flexibility index (Phi) is 4.82. The molecule has 1 fully saturated rings. The Labute approximate surface area is 132 Å². The fourth-order valence-electron chi connectivity index (χ4n) is 3.12. The van der Waals surface area contributed by atoms with Crippen molar-refractivity contribution < 1.29 is 13.2 Å². The van der Waals surface area contributed by atoms with Crippen LogP contribution in [0.5, 0.6) is 0 Å². The molecule has 0 N–H and O–H groups in total. The maximum atomic E-state index is 12.7. The quantitative estimate of drug-likeness (QED) is 0.815. The fraction of sp³-hybridized carbons (Fsp3) is 0.625. The summed E-state index contributed by atoms with van der Waals surface area (Å²) in [5.74, 6) is 0. The molecule has 1 saturated heterocycles. The summed E-state index contributed by atoms with van der Waals surface area (Å²) in [5, 5.41) is 0. The third kappa shape index (κ3) is 3.35. The summed E-state index contributed by atoms with van der Waals surface area (Å²) >= 11 is 0.